The van der Waals surface area contributed by atoms with Gasteiger partial charge in [-0.3, -0.25) is 4.79 Å². The van der Waals surface area contributed by atoms with Gasteiger partial charge in [-0.1, -0.05) is 23.4 Å². The van der Waals surface area contributed by atoms with Crippen LogP contribution in [0.15, 0.2) is 53.7 Å². The minimum absolute atomic E-state index is 0.0719. The number of nitrogens with two attached hydrogens (primary N) is 2. The fraction of sp³-hybridized carbons (Fsp3) is 0.0667. The number of oxime groups is 1. The van der Waals surface area contributed by atoms with Crippen molar-refractivity contribution in [2.75, 3.05) is 5.32 Å². The third-order valence-corrected chi connectivity index (χ3v) is 3.00. The molecule has 0 unspecified atom stereocenters. The highest BCUT2D eigenvalue weighted by Gasteiger charge is 2.02. The highest BCUT2D eigenvalue weighted by atomic mass is 16.4. The molecule has 0 aliphatic rings. The van der Waals surface area contributed by atoms with Gasteiger partial charge >= 0.3 is 0 Å². The minimum Gasteiger partial charge on any atom is -0.409 e. The van der Waals surface area contributed by atoms with Gasteiger partial charge < -0.3 is 22.0 Å². The number of hydrogen-bond acceptors (Lipinski definition) is 4. The minimum atomic E-state index is -0.451. The molecule has 0 aliphatic heterocycles. The maximum Gasteiger partial charge on any atom is 0.248 e. The summed E-state index contributed by atoms with van der Waals surface area (Å²) in [5, 5.41) is 14.9. The average Bonchev–Trinajstić information content (AvgIpc) is 2.52. The fourth-order valence-electron chi connectivity index (χ4n) is 1.85. The fourth-order valence-corrected chi connectivity index (χ4v) is 1.85. The molecule has 0 spiro atoms. The van der Waals surface area contributed by atoms with E-state index in [0.29, 0.717) is 17.7 Å². The van der Waals surface area contributed by atoms with Crippen LogP contribution in [0.3, 0.4) is 0 Å². The molecule has 2 aromatic carbocycles. The molecule has 1 amide bonds. The van der Waals surface area contributed by atoms with Crippen LogP contribution in [0.1, 0.15) is 21.5 Å². The maximum atomic E-state index is 11.0. The molecule has 0 aliphatic carbocycles. The molecule has 2 rings (SSSR count). The predicted octanol–water partition coefficient (Wildman–Crippen LogP) is 1.49. The van der Waals surface area contributed by atoms with Crippen molar-refractivity contribution in [2.24, 2.45) is 16.6 Å². The summed E-state index contributed by atoms with van der Waals surface area (Å²) in [6, 6.07) is 14.3. The third kappa shape index (κ3) is 3.73. The number of primary amides is 1. The average molecular weight is 284 g/mol. The van der Waals surface area contributed by atoms with Crippen molar-refractivity contribution in [3.05, 3.63) is 65.2 Å². The molecule has 0 radical (unpaired) electrons. The van der Waals surface area contributed by atoms with Gasteiger partial charge in [0.15, 0.2) is 5.84 Å². The lowest BCUT2D eigenvalue weighted by Crippen LogP contribution is -2.13. The molecule has 6 N–H and O–H groups in total. The Balaban J connectivity index is 2.04. The van der Waals surface area contributed by atoms with E-state index in [1.807, 2.05) is 18.2 Å². The van der Waals surface area contributed by atoms with Gasteiger partial charge in [0.1, 0.15) is 0 Å². The second kappa shape index (κ2) is 6.42. The Hall–Kier alpha value is -3.02. The Morgan fingerprint density at radius 2 is 1.81 bits per heavy atom. The smallest absolute Gasteiger partial charge is 0.248 e. The van der Waals surface area contributed by atoms with Crippen molar-refractivity contribution in [1.29, 1.82) is 0 Å². The summed E-state index contributed by atoms with van der Waals surface area (Å²) in [5.41, 5.74) is 13.7. The van der Waals surface area contributed by atoms with Crippen LogP contribution >= 0.6 is 0 Å². The molecule has 108 valence electrons. The summed E-state index contributed by atoms with van der Waals surface area (Å²) in [6.45, 7) is 0.572. The molecular weight excluding hydrogens is 268 g/mol. The number of carbonyl (C=O) groups excluding carboxylic acids is 1. The SMILES string of the molecule is NC(=O)c1ccc(NCc2cccc(C(N)=NO)c2)cc1. The van der Waals surface area contributed by atoms with Crippen LogP contribution in [-0.4, -0.2) is 17.0 Å². The van der Waals surface area contributed by atoms with Crippen molar-refractivity contribution in [1.82, 2.24) is 0 Å². The summed E-state index contributed by atoms with van der Waals surface area (Å²) in [4.78, 5) is 11.0. The Morgan fingerprint density at radius 1 is 1.10 bits per heavy atom. The normalized spacial score (nSPS) is 11.1. The van der Waals surface area contributed by atoms with Crippen LogP contribution in [0.25, 0.3) is 0 Å². The van der Waals surface area contributed by atoms with Gasteiger partial charge in [0, 0.05) is 23.4 Å². The van der Waals surface area contributed by atoms with Crippen molar-refractivity contribution in [3.63, 3.8) is 0 Å². The zero-order valence-electron chi connectivity index (χ0n) is 11.3. The summed E-state index contributed by atoms with van der Waals surface area (Å²) >= 11 is 0. The summed E-state index contributed by atoms with van der Waals surface area (Å²) < 4.78 is 0. The Morgan fingerprint density at radius 3 is 2.43 bits per heavy atom. The number of hydrogen-bond donors (Lipinski definition) is 4. The van der Waals surface area contributed by atoms with E-state index >= 15 is 0 Å². The van der Waals surface area contributed by atoms with Gasteiger partial charge in [-0.15, -0.1) is 0 Å². The number of amidine groups is 1. The second-order valence-corrected chi connectivity index (χ2v) is 4.48. The first kappa shape index (κ1) is 14.4. The van der Waals surface area contributed by atoms with Crippen molar-refractivity contribution >= 4 is 17.4 Å². The number of rotatable bonds is 5. The first-order valence-corrected chi connectivity index (χ1v) is 6.30. The molecule has 0 atom stereocenters. The lowest BCUT2D eigenvalue weighted by Gasteiger charge is -2.08. The van der Waals surface area contributed by atoms with E-state index in [9.17, 15) is 4.79 Å². The zero-order valence-corrected chi connectivity index (χ0v) is 11.3. The van der Waals surface area contributed by atoms with Crippen molar-refractivity contribution in [3.8, 4) is 0 Å². The molecule has 2 aromatic rings. The van der Waals surface area contributed by atoms with Crippen LogP contribution in [0.5, 0.6) is 0 Å². The Kier molecular flexibility index (Phi) is 4.40. The molecule has 0 bridgehead atoms. The van der Waals surface area contributed by atoms with E-state index in [-0.39, 0.29) is 5.84 Å². The van der Waals surface area contributed by atoms with E-state index in [4.69, 9.17) is 16.7 Å². The van der Waals surface area contributed by atoms with Gasteiger partial charge in [-0.2, -0.15) is 0 Å². The third-order valence-electron chi connectivity index (χ3n) is 3.00. The summed E-state index contributed by atoms with van der Waals surface area (Å²) in [7, 11) is 0. The van der Waals surface area contributed by atoms with Gasteiger partial charge in [0.05, 0.1) is 0 Å². The number of nitrogens with one attached hydrogen (secondary N) is 1. The van der Waals surface area contributed by atoms with Crippen LogP contribution in [0, 0.1) is 0 Å². The van der Waals surface area contributed by atoms with Gasteiger partial charge in [0.2, 0.25) is 5.91 Å². The van der Waals surface area contributed by atoms with Crippen LogP contribution in [-0.2, 0) is 6.54 Å². The monoisotopic (exact) mass is 284 g/mol. The number of benzene rings is 2. The molecule has 0 saturated heterocycles. The number of carbonyl (C=O) groups is 1. The Labute approximate surface area is 122 Å². The molecule has 21 heavy (non-hydrogen) atoms. The number of anilines is 1. The zero-order chi connectivity index (χ0) is 15.2. The van der Waals surface area contributed by atoms with Crippen LogP contribution in [0.2, 0.25) is 0 Å². The van der Waals surface area contributed by atoms with E-state index in [1.54, 1.807) is 30.3 Å². The van der Waals surface area contributed by atoms with Crippen molar-refractivity contribution in [2.45, 2.75) is 6.54 Å². The largest absolute Gasteiger partial charge is 0.409 e. The maximum absolute atomic E-state index is 11.0. The standard InChI is InChI=1S/C15H16N4O2/c16-14(19-21)12-3-1-2-10(8-12)9-18-13-6-4-11(5-7-13)15(17)20/h1-8,18,21H,9H2,(H2,16,19)(H2,17,20). The van der Waals surface area contributed by atoms with Gasteiger partial charge in [-0.25, -0.2) is 0 Å². The lowest BCUT2D eigenvalue weighted by atomic mass is 10.1. The first-order chi connectivity index (χ1) is 10.1. The van der Waals surface area contributed by atoms with Gasteiger partial charge in [0.25, 0.3) is 0 Å². The molecule has 0 fully saturated rings. The van der Waals surface area contributed by atoms with Gasteiger partial charge in [-0.05, 0) is 35.9 Å². The lowest BCUT2D eigenvalue weighted by molar-refractivity contribution is 0.100. The molecular formula is C15H16N4O2. The van der Waals surface area contributed by atoms with Crippen LogP contribution in [0.4, 0.5) is 5.69 Å². The molecule has 6 nitrogen and oxygen atoms in total. The van der Waals surface area contributed by atoms with E-state index < -0.39 is 5.91 Å². The highest BCUT2D eigenvalue weighted by molar-refractivity contribution is 5.97. The summed E-state index contributed by atoms with van der Waals surface area (Å²) in [5.74, 6) is -0.379. The topological polar surface area (TPSA) is 114 Å². The number of amides is 1. The Bertz CT molecular complexity index is 666. The van der Waals surface area contributed by atoms with Crippen molar-refractivity contribution < 1.29 is 10.0 Å². The number of nitrogens with zero attached hydrogens (tertiary/aromatic N) is 1. The second-order valence-electron chi connectivity index (χ2n) is 4.48. The quantitative estimate of drug-likeness (QED) is 0.288. The van der Waals surface area contributed by atoms with E-state index in [1.165, 1.54) is 0 Å². The van der Waals surface area contributed by atoms with E-state index in [0.717, 1.165) is 11.3 Å². The van der Waals surface area contributed by atoms with Crippen LogP contribution < -0.4 is 16.8 Å². The molecule has 6 heteroatoms. The highest BCUT2D eigenvalue weighted by Crippen LogP contribution is 2.12. The first-order valence-electron chi connectivity index (χ1n) is 6.30. The molecule has 0 aromatic heterocycles. The van der Waals surface area contributed by atoms with E-state index in [2.05, 4.69) is 10.5 Å². The summed E-state index contributed by atoms with van der Waals surface area (Å²) in [6.07, 6.45) is 0. The molecule has 0 saturated carbocycles. The predicted molar refractivity (Wildman–Crippen MR) is 81.2 cm³/mol. The molecule has 0 heterocycles.